The van der Waals surface area contributed by atoms with Gasteiger partial charge in [-0.1, -0.05) is 0 Å². The molecule has 0 aliphatic carbocycles. The summed E-state index contributed by atoms with van der Waals surface area (Å²) >= 11 is 5.53. The zero-order chi connectivity index (χ0) is 13.4. The fraction of sp³-hybridized carbons (Fsp3) is 0.500. The van der Waals surface area contributed by atoms with Crippen LogP contribution in [0.4, 0.5) is 0 Å². The minimum atomic E-state index is -1.18. The van der Waals surface area contributed by atoms with Crippen molar-refractivity contribution < 1.29 is 24.2 Å². The highest BCUT2D eigenvalue weighted by Crippen LogP contribution is 2.42. The third-order valence-electron chi connectivity index (χ3n) is 2.67. The number of thioether (sulfide) groups is 1. The Bertz CT molecular complexity index is 461. The Labute approximate surface area is 113 Å². The molecular weight excluding hydrogens is 278 g/mol. The van der Waals surface area contributed by atoms with Crippen molar-refractivity contribution in [1.29, 1.82) is 0 Å². The van der Waals surface area contributed by atoms with Crippen molar-refractivity contribution in [3.63, 3.8) is 0 Å². The number of carboxylic acids is 1. The van der Waals surface area contributed by atoms with Crippen molar-refractivity contribution in [3.05, 3.63) is 11.3 Å². The third-order valence-corrected chi connectivity index (χ3v) is 4.72. The predicted octanol–water partition coefficient (Wildman–Crippen LogP) is 0.102. The quantitative estimate of drug-likeness (QED) is 0.435. The normalized spacial score (nSPS) is 26.6. The molecule has 98 valence electrons. The molecule has 2 aliphatic heterocycles. The first kappa shape index (κ1) is 13.3. The number of ether oxygens (including phenoxy) is 1. The number of hydrogen-bond acceptors (Lipinski definition) is 6. The third kappa shape index (κ3) is 2.10. The number of amides is 1. The van der Waals surface area contributed by atoms with E-state index in [-0.39, 0.29) is 23.6 Å². The molecule has 0 aromatic carbocycles. The monoisotopic (exact) mass is 289 g/mol. The fourth-order valence-electron chi connectivity index (χ4n) is 1.83. The van der Waals surface area contributed by atoms with Gasteiger partial charge < -0.3 is 9.84 Å². The van der Waals surface area contributed by atoms with E-state index in [1.165, 1.54) is 23.6 Å². The highest BCUT2D eigenvalue weighted by molar-refractivity contribution is 8.01. The summed E-state index contributed by atoms with van der Waals surface area (Å²) in [5.74, 6) is -1.58. The highest BCUT2D eigenvalue weighted by Gasteiger charge is 2.51. The summed E-state index contributed by atoms with van der Waals surface area (Å²) in [6.45, 7) is 1.15. The van der Waals surface area contributed by atoms with Gasteiger partial charge in [0.15, 0.2) is 0 Å². The van der Waals surface area contributed by atoms with Crippen LogP contribution in [0.5, 0.6) is 0 Å². The van der Waals surface area contributed by atoms with Crippen molar-refractivity contribution in [2.45, 2.75) is 17.5 Å². The van der Waals surface area contributed by atoms with Gasteiger partial charge in [0.05, 0.1) is 0 Å². The summed E-state index contributed by atoms with van der Waals surface area (Å²) in [5.41, 5.74) is 0.364. The van der Waals surface area contributed by atoms with Crippen LogP contribution in [0.1, 0.15) is 6.92 Å². The summed E-state index contributed by atoms with van der Waals surface area (Å²) in [6, 6.07) is 0. The first-order chi connectivity index (χ1) is 8.43. The maximum atomic E-state index is 11.6. The Kier molecular flexibility index (Phi) is 3.58. The zero-order valence-corrected chi connectivity index (χ0v) is 11.2. The number of rotatable bonds is 3. The van der Waals surface area contributed by atoms with Crippen LogP contribution in [0, 0.1) is 0 Å². The summed E-state index contributed by atoms with van der Waals surface area (Å²) in [6.07, 6.45) is 0. The lowest BCUT2D eigenvalue weighted by atomic mass is 10.1. The van der Waals surface area contributed by atoms with E-state index in [0.29, 0.717) is 11.3 Å². The predicted molar refractivity (Wildman–Crippen MR) is 67.2 cm³/mol. The van der Waals surface area contributed by atoms with Gasteiger partial charge in [-0.2, -0.15) is 12.6 Å². The largest absolute Gasteiger partial charge is 0.477 e. The lowest BCUT2D eigenvalue weighted by molar-refractivity contribution is -0.145. The van der Waals surface area contributed by atoms with Crippen LogP contribution in [0.25, 0.3) is 0 Å². The highest BCUT2D eigenvalue weighted by atomic mass is 32.2. The number of β-lactam (4-membered cyclic amide) rings is 1. The fourth-order valence-corrected chi connectivity index (χ4v) is 3.59. The number of esters is 1. The van der Waals surface area contributed by atoms with Gasteiger partial charge in [-0.05, 0) is 0 Å². The van der Waals surface area contributed by atoms with Gasteiger partial charge in [-0.25, -0.2) is 4.79 Å². The summed E-state index contributed by atoms with van der Waals surface area (Å²) in [5, 5.41) is 8.47. The molecule has 8 heteroatoms. The number of fused-ring (bicyclic) bond motifs is 1. The van der Waals surface area contributed by atoms with Gasteiger partial charge in [0.1, 0.15) is 22.9 Å². The Morgan fingerprint density at radius 2 is 2.28 bits per heavy atom. The van der Waals surface area contributed by atoms with E-state index in [0.717, 1.165) is 0 Å². The molecular formula is C10H11NO5S2. The molecule has 18 heavy (non-hydrogen) atoms. The molecule has 0 radical (unpaired) electrons. The number of carboxylic acid groups (broad SMARTS) is 1. The Morgan fingerprint density at radius 1 is 1.61 bits per heavy atom. The molecule has 1 saturated heterocycles. The SMILES string of the molecule is CC(=O)OCC1=C(C(=O)O)N2C(=O)C(S)C2SC1. The van der Waals surface area contributed by atoms with Crippen molar-refractivity contribution in [1.82, 2.24) is 4.90 Å². The molecule has 2 atom stereocenters. The van der Waals surface area contributed by atoms with Gasteiger partial charge >= 0.3 is 11.9 Å². The number of thiol groups is 1. The molecule has 0 aromatic rings. The average Bonchev–Trinajstić information content (AvgIpc) is 2.33. The van der Waals surface area contributed by atoms with Crippen molar-refractivity contribution in [3.8, 4) is 0 Å². The van der Waals surface area contributed by atoms with Gasteiger partial charge in [0, 0.05) is 18.2 Å². The van der Waals surface area contributed by atoms with Crippen LogP contribution >= 0.6 is 24.4 Å². The maximum Gasteiger partial charge on any atom is 0.352 e. The Morgan fingerprint density at radius 3 is 2.83 bits per heavy atom. The minimum Gasteiger partial charge on any atom is -0.477 e. The Balaban J connectivity index is 2.26. The van der Waals surface area contributed by atoms with Crippen LogP contribution in [0.3, 0.4) is 0 Å². The lowest BCUT2D eigenvalue weighted by Crippen LogP contribution is -2.62. The first-order valence-electron chi connectivity index (χ1n) is 5.15. The molecule has 0 bridgehead atoms. The molecule has 2 rings (SSSR count). The smallest absolute Gasteiger partial charge is 0.352 e. The van der Waals surface area contributed by atoms with Gasteiger partial charge in [0.2, 0.25) is 5.91 Å². The number of carbonyl (C=O) groups is 3. The number of hydrogen-bond donors (Lipinski definition) is 2. The standard InChI is InChI=1S/C10H11NO5S2/c1-4(12)16-2-5-3-18-9-7(17)8(13)11(9)6(5)10(14)15/h7,9,17H,2-3H2,1H3,(H,14,15). The lowest BCUT2D eigenvalue weighted by Gasteiger charge is -2.47. The second-order valence-electron chi connectivity index (χ2n) is 3.89. The molecule has 1 fully saturated rings. The number of carbonyl (C=O) groups excluding carboxylic acids is 2. The van der Waals surface area contributed by atoms with Gasteiger partial charge in [-0.15, -0.1) is 11.8 Å². The van der Waals surface area contributed by atoms with Crippen molar-refractivity contribution >= 4 is 42.2 Å². The van der Waals surface area contributed by atoms with E-state index in [2.05, 4.69) is 12.6 Å². The summed E-state index contributed by atoms with van der Waals surface area (Å²) in [4.78, 5) is 34.8. The van der Waals surface area contributed by atoms with Crippen LogP contribution in [0.2, 0.25) is 0 Å². The molecule has 2 heterocycles. The topological polar surface area (TPSA) is 83.9 Å². The second kappa shape index (κ2) is 4.85. The summed E-state index contributed by atoms with van der Waals surface area (Å²) in [7, 11) is 0. The van der Waals surface area contributed by atoms with E-state index < -0.39 is 17.2 Å². The molecule has 6 nitrogen and oxygen atoms in total. The molecule has 2 unspecified atom stereocenters. The first-order valence-corrected chi connectivity index (χ1v) is 6.71. The molecule has 1 N–H and O–H groups in total. The molecule has 0 saturated carbocycles. The van der Waals surface area contributed by atoms with E-state index >= 15 is 0 Å². The molecule has 1 amide bonds. The van der Waals surface area contributed by atoms with Crippen LogP contribution in [-0.4, -0.2) is 50.8 Å². The zero-order valence-electron chi connectivity index (χ0n) is 9.45. The van der Waals surface area contributed by atoms with E-state index in [9.17, 15) is 19.5 Å². The van der Waals surface area contributed by atoms with Gasteiger partial charge in [0.25, 0.3) is 0 Å². The molecule has 0 spiro atoms. The minimum absolute atomic E-state index is 0.0738. The van der Waals surface area contributed by atoms with E-state index in [4.69, 9.17) is 4.74 Å². The van der Waals surface area contributed by atoms with Crippen LogP contribution in [0.15, 0.2) is 11.3 Å². The Hall–Kier alpha value is -1.15. The van der Waals surface area contributed by atoms with Crippen molar-refractivity contribution in [2.75, 3.05) is 12.4 Å². The molecule has 0 aromatic heterocycles. The van der Waals surface area contributed by atoms with Crippen molar-refractivity contribution in [2.24, 2.45) is 0 Å². The number of aliphatic carboxylic acids is 1. The van der Waals surface area contributed by atoms with Crippen LogP contribution in [-0.2, 0) is 19.1 Å². The summed E-state index contributed by atoms with van der Waals surface area (Å²) < 4.78 is 4.80. The average molecular weight is 289 g/mol. The maximum absolute atomic E-state index is 11.6. The molecule has 2 aliphatic rings. The van der Waals surface area contributed by atoms with Crippen LogP contribution < -0.4 is 0 Å². The van der Waals surface area contributed by atoms with Gasteiger partial charge in [-0.3, -0.25) is 14.5 Å². The van der Waals surface area contributed by atoms with E-state index in [1.54, 1.807) is 0 Å². The van der Waals surface area contributed by atoms with E-state index in [1.807, 2.05) is 0 Å². The second-order valence-corrected chi connectivity index (χ2v) is 5.55. The number of nitrogens with zero attached hydrogens (tertiary/aromatic N) is 1.